The Morgan fingerprint density at radius 2 is 1.94 bits per heavy atom. The fourth-order valence-electron chi connectivity index (χ4n) is 1.48. The van der Waals surface area contributed by atoms with E-state index >= 15 is 0 Å². The topological polar surface area (TPSA) is 88.2 Å². The van der Waals surface area contributed by atoms with Gasteiger partial charge in [0, 0.05) is 24.9 Å². The third kappa shape index (κ3) is 4.30. The molecule has 0 aromatic carbocycles. The summed E-state index contributed by atoms with van der Waals surface area (Å²) in [4.78, 5) is 14.7. The monoisotopic (exact) mass is 271 g/mol. The highest BCUT2D eigenvalue weighted by Crippen LogP contribution is 2.23. The standard InChI is InChI=1S/C11H21N5OS/c1-4-16(5-2)10-13-9(12)14-11(15-10)18-8(3)6-7-17/h8,17H,4-7H2,1-3H3,(H2,12,13,14,15). The Morgan fingerprint density at radius 3 is 2.50 bits per heavy atom. The maximum Gasteiger partial charge on any atom is 0.231 e. The minimum absolute atomic E-state index is 0.164. The lowest BCUT2D eigenvalue weighted by Gasteiger charge is -2.19. The third-order valence-corrected chi connectivity index (χ3v) is 3.54. The molecule has 1 heterocycles. The summed E-state index contributed by atoms with van der Waals surface area (Å²) < 4.78 is 0. The van der Waals surface area contributed by atoms with Gasteiger partial charge in [0.15, 0.2) is 5.16 Å². The highest BCUT2D eigenvalue weighted by atomic mass is 32.2. The predicted molar refractivity (Wildman–Crippen MR) is 74.8 cm³/mol. The van der Waals surface area contributed by atoms with Gasteiger partial charge in [-0.1, -0.05) is 18.7 Å². The second kappa shape index (κ2) is 7.38. The molecule has 1 aromatic heterocycles. The van der Waals surface area contributed by atoms with Gasteiger partial charge in [-0.25, -0.2) is 0 Å². The van der Waals surface area contributed by atoms with Gasteiger partial charge in [-0.3, -0.25) is 0 Å². The molecule has 0 aliphatic carbocycles. The number of thioether (sulfide) groups is 1. The summed E-state index contributed by atoms with van der Waals surface area (Å²) in [5.74, 6) is 0.858. The average Bonchev–Trinajstić information content (AvgIpc) is 2.30. The maximum atomic E-state index is 8.89. The molecule has 1 atom stereocenters. The first kappa shape index (κ1) is 15.0. The number of hydrogen-bond acceptors (Lipinski definition) is 7. The van der Waals surface area contributed by atoms with Gasteiger partial charge in [0.25, 0.3) is 0 Å². The number of nitrogens with zero attached hydrogens (tertiary/aromatic N) is 4. The Morgan fingerprint density at radius 1 is 1.28 bits per heavy atom. The first-order chi connectivity index (χ1) is 8.60. The normalized spacial score (nSPS) is 12.4. The molecule has 7 heteroatoms. The molecule has 0 aliphatic heterocycles. The molecule has 0 saturated heterocycles. The van der Waals surface area contributed by atoms with Gasteiger partial charge in [-0.15, -0.1) is 0 Å². The van der Waals surface area contributed by atoms with E-state index in [4.69, 9.17) is 10.8 Å². The zero-order valence-electron chi connectivity index (χ0n) is 11.1. The second-order valence-corrected chi connectivity index (χ2v) is 5.29. The predicted octanol–water partition coefficient (Wildman–Crippen LogP) is 1.16. The highest BCUT2D eigenvalue weighted by molar-refractivity contribution is 7.99. The molecule has 0 amide bonds. The number of hydrogen-bond donors (Lipinski definition) is 2. The molecule has 0 bridgehead atoms. The zero-order valence-corrected chi connectivity index (χ0v) is 11.9. The molecule has 0 fully saturated rings. The summed E-state index contributed by atoms with van der Waals surface area (Å²) >= 11 is 1.51. The molecule has 1 unspecified atom stereocenters. The van der Waals surface area contributed by atoms with Crippen molar-refractivity contribution in [2.45, 2.75) is 37.6 Å². The van der Waals surface area contributed by atoms with Crippen LogP contribution in [0.3, 0.4) is 0 Å². The molecule has 1 rings (SSSR count). The van der Waals surface area contributed by atoms with Gasteiger partial charge < -0.3 is 15.7 Å². The van der Waals surface area contributed by atoms with Gasteiger partial charge in [0.2, 0.25) is 11.9 Å². The Kier molecular flexibility index (Phi) is 6.14. The van der Waals surface area contributed by atoms with Crippen molar-refractivity contribution in [2.75, 3.05) is 30.3 Å². The van der Waals surface area contributed by atoms with Crippen molar-refractivity contribution in [3.05, 3.63) is 0 Å². The molecule has 6 nitrogen and oxygen atoms in total. The van der Waals surface area contributed by atoms with Crippen molar-refractivity contribution >= 4 is 23.7 Å². The molecule has 0 radical (unpaired) electrons. The molecule has 1 aromatic rings. The fourth-order valence-corrected chi connectivity index (χ4v) is 2.35. The number of aliphatic hydroxyl groups excluding tert-OH is 1. The lowest BCUT2D eigenvalue weighted by Crippen LogP contribution is -2.25. The van der Waals surface area contributed by atoms with Crippen LogP contribution in [0, 0.1) is 0 Å². The van der Waals surface area contributed by atoms with Crippen LogP contribution in [0.4, 0.5) is 11.9 Å². The van der Waals surface area contributed by atoms with E-state index in [1.54, 1.807) is 0 Å². The van der Waals surface area contributed by atoms with E-state index in [1.807, 2.05) is 25.7 Å². The molecule has 102 valence electrons. The van der Waals surface area contributed by atoms with Gasteiger partial charge in [-0.2, -0.15) is 15.0 Å². The number of aromatic nitrogens is 3. The number of aliphatic hydroxyl groups is 1. The van der Waals surface area contributed by atoms with Gasteiger partial charge in [0.1, 0.15) is 0 Å². The third-order valence-electron chi connectivity index (χ3n) is 2.51. The Labute approximate surface area is 112 Å². The van der Waals surface area contributed by atoms with Crippen LogP contribution in [-0.2, 0) is 0 Å². The summed E-state index contributed by atoms with van der Waals surface area (Å²) in [7, 11) is 0. The van der Waals surface area contributed by atoms with E-state index in [0.29, 0.717) is 17.5 Å². The summed E-state index contributed by atoms with van der Waals surface area (Å²) in [5, 5.41) is 9.76. The largest absolute Gasteiger partial charge is 0.396 e. The van der Waals surface area contributed by atoms with Gasteiger partial charge >= 0.3 is 0 Å². The molecule has 18 heavy (non-hydrogen) atoms. The van der Waals surface area contributed by atoms with Crippen molar-refractivity contribution in [3.8, 4) is 0 Å². The SMILES string of the molecule is CCN(CC)c1nc(N)nc(SC(C)CCO)n1. The van der Waals surface area contributed by atoms with Crippen LogP contribution >= 0.6 is 11.8 Å². The van der Waals surface area contributed by atoms with Crippen LogP contribution in [0.1, 0.15) is 27.2 Å². The van der Waals surface area contributed by atoms with Crippen molar-refractivity contribution in [1.82, 2.24) is 15.0 Å². The second-order valence-electron chi connectivity index (χ2n) is 3.89. The first-order valence-electron chi connectivity index (χ1n) is 6.14. The van der Waals surface area contributed by atoms with Crippen molar-refractivity contribution in [2.24, 2.45) is 0 Å². The van der Waals surface area contributed by atoms with Gasteiger partial charge in [-0.05, 0) is 20.3 Å². The first-order valence-corrected chi connectivity index (χ1v) is 7.02. The molecular weight excluding hydrogens is 250 g/mol. The van der Waals surface area contributed by atoms with Crippen LogP contribution in [0.25, 0.3) is 0 Å². The smallest absolute Gasteiger partial charge is 0.231 e. The summed E-state index contributed by atoms with van der Waals surface area (Å²) in [6.07, 6.45) is 0.705. The lowest BCUT2D eigenvalue weighted by molar-refractivity contribution is 0.289. The van der Waals surface area contributed by atoms with Crippen LogP contribution in [0.15, 0.2) is 5.16 Å². The molecule has 0 aliphatic rings. The maximum absolute atomic E-state index is 8.89. The Balaban J connectivity index is 2.86. The summed E-state index contributed by atoms with van der Waals surface area (Å²) in [6.45, 7) is 7.94. The van der Waals surface area contributed by atoms with E-state index in [-0.39, 0.29) is 17.8 Å². The zero-order chi connectivity index (χ0) is 13.5. The summed E-state index contributed by atoms with van der Waals surface area (Å²) in [6, 6.07) is 0. The minimum Gasteiger partial charge on any atom is -0.396 e. The van der Waals surface area contributed by atoms with Crippen LogP contribution in [0.5, 0.6) is 0 Å². The Bertz CT molecular complexity index is 372. The Hall–Kier alpha value is -1.08. The van der Waals surface area contributed by atoms with Crippen molar-refractivity contribution in [3.63, 3.8) is 0 Å². The average molecular weight is 271 g/mol. The van der Waals surface area contributed by atoms with Gasteiger partial charge in [0.05, 0.1) is 0 Å². The summed E-state index contributed by atoms with van der Waals surface area (Å²) in [5.41, 5.74) is 5.70. The van der Waals surface area contributed by atoms with E-state index < -0.39 is 0 Å². The van der Waals surface area contributed by atoms with Crippen LogP contribution in [-0.4, -0.2) is 45.0 Å². The minimum atomic E-state index is 0.164. The highest BCUT2D eigenvalue weighted by Gasteiger charge is 2.12. The van der Waals surface area contributed by atoms with Crippen LogP contribution in [0.2, 0.25) is 0 Å². The molecule has 3 N–H and O–H groups in total. The molecular formula is C11H21N5OS. The molecule has 0 saturated carbocycles. The number of nitrogen functional groups attached to an aromatic ring is 1. The molecule has 0 spiro atoms. The van der Waals surface area contributed by atoms with Crippen molar-refractivity contribution < 1.29 is 5.11 Å². The van der Waals surface area contributed by atoms with E-state index in [2.05, 4.69) is 15.0 Å². The number of anilines is 2. The lowest BCUT2D eigenvalue weighted by atomic mass is 10.4. The van der Waals surface area contributed by atoms with E-state index in [9.17, 15) is 0 Å². The van der Waals surface area contributed by atoms with Crippen molar-refractivity contribution in [1.29, 1.82) is 0 Å². The van der Waals surface area contributed by atoms with E-state index in [1.165, 1.54) is 11.8 Å². The quantitative estimate of drug-likeness (QED) is 0.719. The van der Waals surface area contributed by atoms with E-state index in [0.717, 1.165) is 13.1 Å². The number of rotatable bonds is 7. The fraction of sp³-hybridized carbons (Fsp3) is 0.727. The number of nitrogens with two attached hydrogens (primary N) is 1. The van der Waals surface area contributed by atoms with Crippen LogP contribution < -0.4 is 10.6 Å².